The lowest BCUT2D eigenvalue weighted by Gasteiger charge is -2.15. The maximum atomic E-state index is 12.9. The Labute approximate surface area is 229 Å². The van der Waals surface area contributed by atoms with E-state index in [2.05, 4.69) is 21.4 Å². The molecular weight excluding hydrogens is 592 g/mol. The molecule has 4 rings (SSSR count). The van der Waals surface area contributed by atoms with Crippen molar-refractivity contribution in [3.05, 3.63) is 84.3 Å². The lowest BCUT2D eigenvalue weighted by atomic mass is 10.1. The summed E-state index contributed by atoms with van der Waals surface area (Å²) in [5.41, 5.74) is 4.13. The van der Waals surface area contributed by atoms with Crippen molar-refractivity contribution in [3.8, 4) is 11.5 Å². The van der Waals surface area contributed by atoms with Crippen LogP contribution >= 0.6 is 62.8 Å². The molecular formula is C24H18BrClN2O4S3. The predicted molar refractivity (Wildman–Crippen MR) is 148 cm³/mol. The minimum absolute atomic E-state index is 0.245. The molecule has 0 aliphatic carbocycles. The predicted octanol–water partition coefficient (Wildman–Crippen LogP) is 6.69. The molecule has 11 heteroatoms. The first-order valence-corrected chi connectivity index (χ1v) is 13.6. The first-order chi connectivity index (χ1) is 16.9. The number of thioether (sulfide) groups is 1. The van der Waals surface area contributed by atoms with Gasteiger partial charge in [0.2, 0.25) is 0 Å². The van der Waals surface area contributed by atoms with Crippen molar-refractivity contribution in [2.75, 3.05) is 6.61 Å². The average molecular weight is 610 g/mol. The summed E-state index contributed by atoms with van der Waals surface area (Å²) >= 11 is 17.5. The Bertz CT molecular complexity index is 1310. The van der Waals surface area contributed by atoms with Gasteiger partial charge in [-0.15, -0.1) is 11.3 Å². The number of carbonyl (C=O) groups excluding carboxylic acids is 2. The van der Waals surface area contributed by atoms with Crippen molar-refractivity contribution in [2.45, 2.75) is 13.5 Å². The maximum Gasteiger partial charge on any atom is 0.285 e. The fraction of sp³-hybridized carbons (Fsp3) is 0.125. The SMILES string of the molecule is CCOc1cc(/C=C2/SC(=S)N(NC(=O)c3cccs3)C2=O)cc(Br)c1OCc1ccccc1Cl. The van der Waals surface area contributed by atoms with Gasteiger partial charge in [0.1, 0.15) is 6.61 Å². The number of nitrogens with zero attached hydrogens (tertiary/aromatic N) is 1. The molecule has 2 aromatic carbocycles. The van der Waals surface area contributed by atoms with Crippen molar-refractivity contribution >= 4 is 85.1 Å². The quantitative estimate of drug-likeness (QED) is 0.227. The minimum atomic E-state index is -0.405. The van der Waals surface area contributed by atoms with Crippen LogP contribution < -0.4 is 14.9 Å². The number of halogens is 2. The second-order valence-corrected chi connectivity index (χ2v) is 11.0. The van der Waals surface area contributed by atoms with E-state index in [-0.39, 0.29) is 16.8 Å². The fourth-order valence-electron chi connectivity index (χ4n) is 3.12. The van der Waals surface area contributed by atoms with E-state index in [1.54, 1.807) is 35.7 Å². The highest BCUT2D eigenvalue weighted by molar-refractivity contribution is 9.10. The van der Waals surface area contributed by atoms with Crippen LogP contribution in [0.4, 0.5) is 0 Å². The van der Waals surface area contributed by atoms with Crippen LogP contribution in [0, 0.1) is 0 Å². The summed E-state index contributed by atoms with van der Waals surface area (Å²) in [7, 11) is 0. The van der Waals surface area contributed by atoms with Crippen LogP contribution in [-0.4, -0.2) is 27.8 Å². The molecule has 1 aliphatic heterocycles. The van der Waals surface area contributed by atoms with Crippen LogP contribution in [-0.2, 0) is 11.4 Å². The summed E-state index contributed by atoms with van der Waals surface area (Å²) in [4.78, 5) is 26.2. The minimum Gasteiger partial charge on any atom is -0.490 e. The standard InChI is InChI=1S/C24H18BrClN2O4S3/c1-2-31-18-11-14(10-16(25)21(18)32-13-15-6-3-4-7-17(15)26)12-20-23(30)28(24(33)35-20)27-22(29)19-8-5-9-34-19/h3-12H,2,13H2,1H3,(H,27,29)/b20-12+. The van der Waals surface area contributed by atoms with Crippen LogP contribution in [0.2, 0.25) is 5.02 Å². The fourth-order valence-corrected chi connectivity index (χ4v) is 5.68. The molecule has 180 valence electrons. The van der Waals surface area contributed by atoms with Gasteiger partial charge in [-0.3, -0.25) is 15.0 Å². The highest BCUT2D eigenvalue weighted by Gasteiger charge is 2.34. The van der Waals surface area contributed by atoms with Gasteiger partial charge >= 0.3 is 0 Å². The summed E-state index contributed by atoms with van der Waals surface area (Å²) in [5, 5.41) is 3.49. The molecule has 0 atom stereocenters. The lowest BCUT2D eigenvalue weighted by molar-refractivity contribution is -0.123. The van der Waals surface area contributed by atoms with Gasteiger partial charge in [0.15, 0.2) is 15.8 Å². The molecule has 35 heavy (non-hydrogen) atoms. The number of amides is 2. The number of benzene rings is 2. The van der Waals surface area contributed by atoms with E-state index >= 15 is 0 Å². The van der Waals surface area contributed by atoms with Crippen molar-refractivity contribution in [1.29, 1.82) is 0 Å². The number of hydrazine groups is 1. The van der Waals surface area contributed by atoms with Gasteiger partial charge < -0.3 is 9.47 Å². The van der Waals surface area contributed by atoms with Crippen molar-refractivity contribution in [3.63, 3.8) is 0 Å². The molecule has 2 heterocycles. The van der Waals surface area contributed by atoms with Crippen LogP contribution in [0.3, 0.4) is 0 Å². The smallest absolute Gasteiger partial charge is 0.285 e. The van der Waals surface area contributed by atoms with Crippen molar-refractivity contribution in [2.24, 2.45) is 0 Å². The number of nitrogens with one attached hydrogen (secondary N) is 1. The maximum absolute atomic E-state index is 12.9. The van der Waals surface area contributed by atoms with E-state index in [1.807, 2.05) is 31.2 Å². The average Bonchev–Trinajstić information content (AvgIpc) is 3.45. The third-order valence-corrected chi connectivity index (χ3v) is 7.84. The molecule has 0 spiro atoms. The Balaban J connectivity index is 1.55. The van der Waals surface area contributed by atoms with Gasteiger partial charge in [0.25, 0.3) is 11.8 Å². The molecule has 6 nitrogen and oxygen atoms in total. The third-order valence-electron chi connectivity index (χ3n) is 4.71. The molecule has 1 fully saturated rings. The normalized spacial score (nSPS) is 14.5. The topological polar surface area (TPSA) is 67.9 Å². The molecule has 3 aromatic rings. The summed E-state index contributed by atoms with van der Waals surface area (Å²) in [6.07, 6.45) is 1.70. The Morgan fingerprint density at radius 1 is 1.23 bits per heavy atom. The van der Waals surface area contributed by atoms with Gasteiger partial charge in [0.05, 0.1) is 20.9 Å². The van der Waals surface area contributed by atoms with Crippen molar-refractivity contribution < 1.29 is 19.1 Å². The Kier molecular flexibility index (Phi) is 8.51. The number of hydrogen-bond donors (Lipinski definition) is 1. The molecule has 0 bridgehead atoms. The molecule has 0 radical (unpaired) electrons. The van der Waals surface area contributed by atoms with Gasteiger partial charge in [-0.25, -0.2) is 0 Å². The third kappa shape index (κ3) is 6.07. The number of hydrogen-bond acceptors (Lipinski definition) is 7. The van der Waals surface area contributed by atoms with E-state index in [0.29, 0.717) is 42.9 Å². The van der Waals surface area contributed by atoms with E-state index in [1.165, 1.54) is 11.3 Å². The highest BCUT2D eigenvalue weighted by Crippen LogP contribution is 2.40. The second kappa shape index (κ2) is 11.6. The Morgan fingerprint density at radius 2 is 2.03 bits per heavy atom. The number of carbonyl (C=O) groups is 2. The van der Waals surface area contributed by atoms with Gasteiger partial charge in [-0.2, -0.15) is 5.01 Å². The zero-order valence-corrected chi connectivity index (χ0v) is 23.0. The molecule has 1 N–H and O–H groups in total. The second-order valence-electron chi connectivity index (χ2n) is 7.08. The first kappa shape index (κ1) is 25.7. The number of thiophene rings is 1. The molecule has 1 aromatic heterocycles. The number of thiocarbonyl (C=S) groups is 1. The Hall–Kier alpha value is -2.37. The summed E-state index contributed by atoms with van der Waals surface area (Å²) in [5.74, 6) is 0.248. The van der Waals surface area contributed by atoms with Crippen LogP contribution in [0.25, 0.3) is 6.08 Å². The monoisotopic (exact) mass is 608 g/mol. The van der Waals surface area contributed by atoms with E-state index in [9.17, 15) is 9.59 Å². The zero-order valence-electron chi connectivity index (χ0n) is 18.2. The molecule has 1 aliphatic rings. The van der Waals surface area contributed by atoms with Crippen LogP contribution in [0.5, 0.6) is 11.5 Å². The largest absolute Gasteiger partial charge is 0.490 e. The van der Waals surface area contributed by atoms with E-state index < -0.39 is 5.91 Å². The lowest BCUT2D eigenvalue weighted by Crippen LogP contribution is -2.44. The number of rotatable bonds is 8. The van der Waals surface area contributed by atoms with Crippen LogP contribution in [0.15, 0.2) is 63.3 Å². The van der Waals surface area contributed by atoms with Crippen LogP contribution in [0.1, 0.15) is 27.7 Å². The summed E-state index contributed by atoms with van der Waals surface area (Å²) in [6.45, 7) is 2.56. The van der Waals surface area contributed by atoms with E-state index in [0.717, 1.165) is 22.3 Å². The molecule has 2 amide bonds. The first-order valence-electron chi connectivity index (χ1n) is 10.3. The molecule has 1 saturated heterocycles. The summed E-state index contributed by atoms with van der Waals surface area (Å²) < 4.78 is 12.7. The van der Waals surface area contributed by atoms with E-state index in [4.69, 9.17) is 33.3 Å². The van der Waals surface area contributed by atoms with Gasteiger partial charge in [-0.05, 0) is 76.4 Å². The van der Waals surface area contributed by atoms with Gasteiger partial charge in [-0.1, -0.05) is 47.6 Å². The van der Waals surface area contributed by atoms with Crippen molar-refractivity contribution in [1.82, 2.24) is 10.4 Å². The van der Waals surface area contributed by atoms with Gasteiger partial charge in [0, 0.05) is 10.6 Å². The Morgan fingerprint density at radius 3 is 2.74 bits per heavy atom. The summed E-state index contributed by atoms with van der Waals surface area (Å²) in [6, 6.07) is 14.5. The zero-order chi connectivity index (χ0) is 24.9. The number of ether oxygens (including phenoxy) is 2. The highest BCUT2D eigenvalue weighted by atomic mass is 79.9. The molecule has 0 unspecified atom stereocenters. The molecule has 0 saturated carbocycles.